The minimum Gasteiger partial charge on any atom is -0.492 e. The van der Waals surface area contributed by atoms with E-state index in [4.69, 9.17) is 25.8 Å². The minimum absolute atomic E-state index is 0.284. The van der Waals surface area contributed by atoms with Gasteiger partial charge in [-0.2, -0.15) is 0 Å². The second-order valence-corrected chi connectivity index (χ2v) is 10.2. The number of hydrogen-bond donors (Lipinski definition) is 1. The summed E-state index contributed by atoms with van der Waals surface area (Å²) in [4.78, 5) is 26.0. The number of carboxylic acids is 1. The Bertz CT molecular complexity index is 992. The highest BCUT2D eigenvalue weighted by atomic mass is 35.5. The highest BCUT2D eigenvalue weighted by molar-refractivity contribution is 6.32. The van der Waals surface area contributed by atoms with E-state index in [1.54, 1.807) is 48.2 Å². The first kappa shape index (κ1) is 29.8. The van der Waals surface area contributed by atoms with Gasteiger partial charge in [-0.15, -0.1) is 0 Å². The molecular weight excluding hydrogens is 506 g/mol. The zero-order valence-corrected chi connectivity index (χ0v) is 23.0. The number of rotatable bonds is 15. The molecule has 1 unspecified atom stereocenters. The topological polar surface area (TPSA) is 85.3 Å². The second kappa shape index (κ2) is 16.2. The fourth-order valence-electron chi connectivity index (χ4n) is 4.82. The molecule has 0 saturated heterocycles. The lowest BCUT2D eigenvalue weighted by Crippen LogP contribution is -2.37. The first-order chi connectivity index (χ1) is 18.5. The summed E-state index contributed by atoms with van der Waals surface area (Å²) in [6.45, 7) is 3.38. The molecule has 0 radical (unpaired) electrons. The molecule has 2 aromatic rings. The van der Waals surface area contributed by atoms with Crippen LogP contribution in [-0.4, -0.2) is 54.5 Å². The Kier molecular flexibility index (Phi) is 12.7. The van der Waals surface area contributed by atoms with Crippen molar-refractivity contribution in [1.29, 1.82) is 0 Å². The minimum atomic E-state index is -0.977. The third-order valence-corrected chi connectivity index (χ3v) is 7.24. The number of halogens is 1. The van der Waals surface area contributed by atoms with Gasteiger partial charge in [0.25, 0.3) is 0 Å². The molecule has 3 rings (SSSR count). The summed E-state index contributed by atoms with van der Waals surface area (Å²) < 4.78 is 16.8. The van der Waals surface area contributed by atoms with Gasteiger partial charge in [-0.25, -0.2) is 9.59 Å². The van der Waals surface area contributed by atoms with Crippen molar-refractivity contribution in [3.05, 3.63) is 59.1 Å². The van der Waals surface area contributed by atoms with Crippen molar-refractivity contribution in [2.75, 3.05) is 26.3 Å². The lowest BCUT2D eigenvalue weighted by Gasteiger charge is -2.24. The van der Waals surface area contributed by atoms with Crippen LogP contribution < -0.4 is 9.47 Å². The molecule has 1 aliphatic rings. The van der Waals surface area contributed by atoms with Crippen molar-refractivity contribution in [3.63, 3.8) is 0 Å². The summed E-state index contributed by atoms with van der Waals surface area (Å²) >= 11 is 6.19. The standard InChI is InChI=1S/C30H40ClNO6/c1-2-36-28(29(33)34)22-24-15-17-25(18-16-24)37-21-20-32(19-9-8-12-23-10-4-3-5-11-23)30(35)38-27-14-7-6-13-26(27)31/h6-7,13-18,23,28H,2-5,8-12,19-22H2,1H3,(H,33,34). The Balaban J connectivity index is 1.51. The Morgan fingerprint density at radius 1 is 1.03 bits per heavy atom. The van der Waals surface area contributed by atoms with Crippen LogP contribution in [0.2, 0.25) is 5.02 Å². The molecule has 1 atom stereocenters. The van der Waals surface area contributed by atoms with Crippen LogP contribution in [-0.2, 0) is 16.0 Å². The number of para-hydroxylation sites is 1. The zero-order chi connectivity index (χ0) is 27.2. The zero-order valence-electron chi connectivity index (χ0n) is 22.3. The van der Waals surface area contributed by atoms with Crippen LogP contribution in [0.3, 0.4) is 0 Å². The Labute approximate surface area is 231 Å². The van der Waals surface area contributed by atoms with Gasteiger partial charge in [-0.3, -0.25) is 0 Å². The van der Waals surface area contributed by atoms with Gasteiger partial charge in [0.15, 0.2) is 11.9 Å². The average molecular weight is 546 g/mol. The smallest absolute Gasteiger partial charge is 0.415 e. The quantitative estimate of drug-likeness (QED) is 0.242. The fourth-order valence-corrected chi connectivity index (χ4v) is 4.99. The molecule has 1 saturated carbocycles. The predicted octanol–water partition coefficient (Wildman–Crippen LogP) is 7.00. The third kappa shape index (κ3) is 10.2. The number of nitrogens with zero attached hydrogens (tertiary/aromatic N) is 1. The van der Waals surface area contributed by atoms with E-state index >= 15 is 0 Å². The van der Waals surface area contributed by atoms with Crippen LogP contribution in [0.25, 0.3) is 0 Å². The molecule has 0 bridgehead atoms. The molecule has 38 heavy (non-hydrogen) atoms. The van der Waals surface area contributed by atoms with Gasteiger partial charge in [0.2, 0.25) is 0 Å². The summed E-state index contributed by atoms with van der Waals surface area (Å²) in [6, 6.07) is 14.2. The molecule has 2 aromatic carbocycles. The lowest BCUT2D eigenvalue weighted by molar-refractivity contribution is -0.149. The highest BCUT2D eigenvalue weighted by Crippen LogP contribution is 2.28. The Hall–Kier alpha value is -2.77. The number of benzene rings is 2. The second-order valence-electron chi connectivity index (χ2n) is 9.76. The average Bonchev–Trinajstić information content (AvgIpc) is 2.92. The molecule has 1 fully saturated rings. The predicted molar refractivity (Wildman–Crippen MR) is 148 cm³/mol. The summed E-state index contributed by atoms with van der Waals surface area (Å²) in [6.07, 6.45) is 8.87. The SMILES string of the molecule is CCOC(Cc1ccc(OCCN(CCCCC2CCCCC2)C(=O)Oc2ccccc2Cl)cc1)C(=O)O. The molecule has 0 spiro atoms. The van der Waals surface area contributed by atoms with E-state index < -0.39 is 18.2 Å². The lowest BCUT2D eigenvalue weighted by atomic mass is 9.86. The number of hydrogen-bond acceptors (Lipinski definition) is 5. The number of carbonyl (C=O) groups is 2. The summed E-state index contributed by atoms with van der Waals surface area (Å²) in [5, 5.41) is 9.68. The van der Waals surface area contributed by atoms with Crippen LogP contribution in [0.15, 0.2) is 48.5 Å². The van der Waals surface area contributed by atoms with Crippen molar-refractivity contribution < 1.29 is 28.9 Å². The van der Waals surface area contributed by atoms with E-state index in [0.29, 0.717) is 42.8 Å². The molecule has 0 aliphatic heterocycles. The Morgan fingerprint density at radius 3 is 2.45 bits per heavy atom. The maximum atomic E-state index is 13.0. The molecule has 7 nitrogen and oxygen atoms in total. The molecule has 1 aliphatic carbocycles. The first-order valence-corrected chi connectivity index (χ1v) is 14.1. The first-order valence-electron chi connectivity index (χ1n) is 13.7. The molecule has 1 N–H and O–H groups in total. The molecular formula is C30H40ClNO6. The van der Waals surface area contributed by atoms with Gasteiger partial charge in [-0.05, 0) is 49.1 Å². The maximum absolute atomic E-state index is 13.0. The summed E-state index contributed by atoms with van der Waals surface area (Å²) in [5.74, 6) is 0.830. The van der Waals surface area contributed by atoms with Crippen LogP contribution in [0, 0.1) is 5.92 Å². The molecule has 1 amide bonds. The van der Waals surface area contributed by atoms with Crippen molar-refractivity contribution in [3.8, 4) is 11.5 Å². The fraction of sp³-hybridized carbons (Fsp3) is 0.533. The van der Waals surface area contributed by atoms with Crippen molar-refractivity contribution >= 4 is 23.7 Å². The van der Waals surface area contributed by atoms with E-state index in [0.717, 1.165) is 24.3 Å². The molecule has 0 heterocycles. The third-order valence-electron chi connectivity index (χ3n) is 6.92. The number of carboxylic acid groups (broad SMARTS) is 1. The van der Waals surface area contributed by atoms with Gasteiger partial charge in [0.1, 0.15) is 12.4 Å². The van der Waals surface area contributed by atoms with E-state index in [1.165, 1.54) is 38.5 Å². The van der Waals surface area contributed by atoms with Crippen molar-refractivity contribution in [1.82, 2.24) is 4.90 Å². The van der Waals surface area contributed by atoms with Gasteiger partial charge in [0.05, 0.1) is 11.6 Å². The van der Waals surface area contributed by atoms with E-state index in [2.05, 4.69) is 0 Å². The largest absolute Gasteiger partial charge is 0.492 e. The summed E-state index contributed by atoms with van der Waals surface area (Å²) in [7, 11) is 0. The van der Waals surface area contributed by atoms with Crippen molar-refractivity contribution in [2.24, 2.45) is 5.92 Å². The molecule has 0 aromatic heterocycles. The normalized spacial score (nSPS) is 14.6. The number of unbranched alkanes of at least 4 members (excludes halogenated alkanes) is 1. The Morgan fingerprint density at radius 2 is 1.76 bits per heavy atom. The highest BCUT2D eigenvalue weighted by Gasteiger charge is 2.19. The monoisotopic (exact) mass is 545 g/mol. The van der Waals surface area contributed by atoms with Crippen LogP contribution in [0.5, 0.6) is 11.5 Å². The van der Waals surface area contributed by atoms with E-state index in [1.807, 2.05) is 12.1 Å². The summed E-state index contributed by atoms with van der Waals surface area (Å²) in [5.41, 5.74) is 0.848. The van der Waals surface area contributed by atoms with Gasteiger partial charge in [-0.1, -0.05) is 80.8 Å². The number of amides is 1. The van der Waals surface area contributed by atoms with Crippen LogP contribution in [0.4, 0.5) is 4.79 Å². The number of ether oxygens (including phenoxy) is 3. The van der Waals surface area contributed by atoms with Gasteiger partial charge in [0, 0.05) is 19.6 Å². The van der Waals surface area contributed by atoms with Crippen molar-refractivity contribution in [2.45, 2.75) is 70.8 Å². The molecule has 8 heteroatoms. The number of carbonyl (C=O) groups excluding carboxylic acids is 1. The van der Waals surface area contributed by atoms with E-state index in [-0.39, 0.29) is 6.42 Å². The van der Waals surface area contributed by atoms with E-state index in [9.17, 15) is 14.7 Å². The van der Waals surface area contributed by atoms with Gasteiger partial charge < -0.3 is 24.2 Å². The maximum Gasteiger partial charge on any atom is 0.415 e. The van der Waals surface area contributed by atoms with Crippen LogP contribution >= 0.6 is 11.6 Å². The van der Waals surface area contributed by atoms with Crippen LogP contribution in [0.1, 0.15) is 63.9 Å². The number of aliphatic carboxylic acids is 1. The molecule has 208 valence electrons. The van der Waals surface area contributed by atoms with Gasteiger partial charge >= 0.3 is 12.1 Å².